The van der Waals surface area contributed by atoms with Crippen LogP contribution in [0, 0.1) is 16.0 Å². The second-order valence-corrected chi connectivity index (χ2v) is 5.41. The van der Waals surface area contributed by atoms with Crippen molar-refractivity contribution in [2.45, 2.75) is 26.3 Å². The van der Waals surface area contributed by atoms with E-state index in [1.165, 1.54) is 12.3 Å². The largest absolute Gasteiger partial charge is 0.350 e. The topological polar surface area (TPSA) is 89.2 Å². The van der Waals surface area contributed by atoms with Crippen LogP contribution in [0.15, 0.2) is 12.3 Å². The highest BCUT2D eigenvalue weighted by molar-refractivity contribution is 5.93. The van der Waals surface area contributed by atoms with E-state index < -0.39 is 4.92 Å². The zero-order valence-corrected chi connectivity index (χ0v) is 11.8. The first-order valence-electron chi connectivity index (χ1n) is 6.84. The molecule has 1 aliphatic heterocycles. The Morgan fingerprint density at radius 1 is 1.65 bits per heavy atom. The maximum atomic E-state index is 12.2. The number of aromatic nitrogens is 1. The summed E-state index contributed by atoms with van der Waals surface area (Å²) in [7, 11) is 0. The molecule has 0 bridgehead atoms. The summed E-state index contributed by atoms with van der Waals surface area (Å²) >= 11 is 0. The summed E-state index contributed by atoms with van der Waals surface area (Å²) < 4.78 is 1.64. The van der Waals surface area contributed by atoms with Crippen molar-refractivity contribution in [1.82, 2.24) is 15.2 Å². The minimum atomic E-state index is -0.476. The number of hydrogen-bond acceptors (Lipinski definition) is 4. The first-order chi connectivity index (χ1) is 9.49. The van der Waals surface area contributed by atoms with Crippen LogP contribution in [0.3, 0.4) is 0 Å². The van der Waals surface area contributed by atoms with Crippen molar-refractivity contribution in [3.63, 3.8) is 0 Å². The van der Waals surface area contributed by atoms with Crippen LogP contribution in [0.5, 0.6) is 0 Å². The number of nitrogens with one attached hydrogen (secondary N) is 2. The highest BCUT2D eigenvalue weighted by Gasteiger charge is 2.22. The molecule has 2 rings (SSSR count). The third-order valence-corrected chi connectivity index (χ3v) is 3.55. The SMILES string of the molecule is CC(C)n1cc([N+](=O)[O-])cc1C(=O)NCC1CCNC1. The molecule has 110 valence electrons. The molecule has 7 heteroatoms. The molecule has 0 radical (unpaired) electrons. The molecule has 0 spiro atoms. The summed E-state index contributed by atoms with van der Waals surface area (Å²) in [5, 5.41) is 16.9. The van der Waals surface area contributed by atoms with Crippen molar-refractivity contribution in [3.8, 4) is 0 Å². The van der Waals surface area contributed by atoms with E-state index in [0.29, 0.717) is 18.2 Å². The molecule has 1 aromatic heterocycles. The van der Waals surface area contributed by atoms with Gasteiger partial charge in [0.25, 0.3) is 11.6 Å². The van der Waals surface area contributed by atoms with Crippen molar-refractivity contribution < 1.29 is 9.72 Å². The molecular weight excluding hydrogens is 260 g/mol. The van der Waals surface area contributed by atoms with Gasteiger partial charge in [-0.25, -0.2) is 0 Å². The van der Waals surface area contributed by atoms with Gasteiger partial charge < -0.3 is 15.2 Å². The lowest BCUT2D eigenvalue weighted by Crippen LogP contribution is -2.31. The van der Waals surface area contributed by atoms with Crippen molar-refractivity contribution >= 4 is 11.6 Å². The van der Waals surface area contributed by atoms with Crippen molar-refractivity contribution in [1.29, 1.82) is 0 Å². The average molecular weight is 280 g/mol. The Labute approximate surface area is 117 Å². The summed E-state index contributed by atoms with van der Waals surface area (Å²) in [5.74, 6) is 0.190. The van der Waals surface area contributed by atoms with E-state index in [4.69, 9.17) is 0 Å². The Morgan fingerprint density at radius 3 is 2.95 bits per heavy atom. The van der Waals surface area contributed by atoms with Crippen molar-refractivity contribution in [2.75, 3.05) is 19.6 Å². The molecule has 1 fully saturated rings. The third-order valence-electron chi connectivity index (χ3n) is 3.55. The first-order valence-corrected chi connectivity index (χ1v) is 6.84. The van der Waals surface area contributed by atoms with Crippen LogP contribution in [0.4, 0.5) is 5.69 Å². The van der Waals surface area contributed by atoms with Gasteiger partial charge in [-0.05, 0) is 39.3 Å². The smallest absolute Gasteiger partial charge is 0.287 e. The maximum absolute atomic E-state index is 12.2. The Balaban J connectivity index is 2.09. The molecule has 0 saturated carbocycles. The summed E-state index contributed by atoms with van der Waals surface area (Å²) in [6.45, 7) is 6.27. The van der Waals surface area contributed by atoms with Gasteiger partial charge in [-0.3, -0.25) is 14.9 Å². The normalized spacial score (nSPS) is 18.4. The predicted octanol–water partition coefficient (Wildman–Crippen LogP) is 1.32. The Bertz CT molecular complexity index is 504. The van der Waals surface area contributed by atoms with E-state index in [-0.39, 0.29) is 17.6 Å². The zero-order chi connectivity index (χ0) is 14.7. The number of nitro groups is 1. The van der Waals surface area contributed by atoms with Crippen LogP contribution in [-0.2, 0) is 0 Å². The number of carbonyl (C=O) groups excluding carboxylic acids is 1. The number of carbonyl (C=O) groups is 1. The minimum absolute atomic E-state index is 0.00222. The number of rotatable bonds is 5. The molecule has 1 aromatic rings. The summed E-state index contributed by atoms with van der Waals surface area (Å²) in [6.07, 6.45) is 2.46. The molecule has 1 saturated heterocycles. The van der Waals surface area contributed by atoms with Crippen LogP contribution >= 0.6 is 0 Å². The molecule has 2 N–H and O–H groups in total. The van der Waals surface area contributed by atoms with Gasteiger partial charge in [0.1, 0.15) is 5.69 Å². The molecule has 2 heterocycles. The van der Waals surface area contributed by atoms with Gasteiger partial charge in [-0.2, -0.15) is 0 Å². The van der Waals surface area contributed by atoms with E-state index in [2.05, 4.69) is 10.6 Å². The van der Waals surface area contributed by atoms with Gasteiger partial charge in [0.15, 0.2) is 0 Å². The molecule has 0 aliphatic carbocycles. The summed E-state index contributed by atoms with van der Waals surface area (Å²) in [4.78, 5) is 22.5. The first kappa shape index (κ1) is 14.5. The fourth-order valence-corrected chi connectivity index (χ4v) is 2.39. The van der Waals surface area contributed by atoms with Crippen LogP contribution in [-0.4, -0.2) is 35.0 Å². The van der Waals surface area contributed by atoms with E-state index >= 15 is 0 Å². The fourth-order valence-electron chi connectivity index (χ4n) is 2.39. The Kier molecular flexibility index (Phi) is 4.39. The molecule has 1 unspecified atom stereocenters. The van der Waals surface area contributed by atoms with Gasteiger partial charge in [0.2, 0.25) is 0 Å². The van der Waals surface area contributed by atoms with Gasteiger partial charge in [0.05, 0.1) is 11.1 Å². The van der Waals surface area contributed by atoms with Gasteiger partial charge >= 0.3 is 0 Å². The third kappa shape index (κ3) is 3.16. The highest BCUT2D eigenvalue weighted by atomic mass is 16.6. The lowest BCUT2D eigenvalue weighted by Gasteiger charge is -2.13. The number of amides is 1. The second-order valence-electron chi connectivity index (χ2n) is 5.41. The van der Waals surface area contributed by atoms with E-state index in [0.717, 1.165) is 19.5 Å². The molecule has 1 amide bonds. The molecular formula is C13H20N4O3. The predicted molar refractivity (Wildman–Crippen MR) is 74.8 cm³/mol. The van der Waals surface area contributed by atoms with Crippen LogP contribution < -0.4 is 10.6 Å². The zero-order valence-electron chi connectivity index (χ0n) is 11.8. The maximum Gasteiger partial charge on any atom is 0.287 e. The van der Waals surface area contributed by atoms with Gasteiger partial charge in [0, 0.05) is 18.7 Å². The highest BCUT2D eigenvalue weighted by Crippen LogP contribution is 2.20. The van der Waals surface area contributed by atoms with Crippen molar-refractivity contribution in [3.05, 3.63) is 28.1 Å². The summed E-state index contributed by atoms with van der Waals surface area (Å²) in [6, 6.07) is 1.33. The number of hydrogen-bond donors (Lipinski definition) is 2. The van der Waals surface area contributed by atoms with E-state index in [1.54, 1.807) is 4.57 Å². The van der Waals surface area contributed by atoms with E-state index in [9.17, 15) is 14.9 Å². The molecule has 1 atom stereocenters. The minimum Gasteiger partial charge on any atom is -0.350 e. The standard InChI is InChI=1S/C13H20N4O3/c1-9(2)16-8-11(17(19)20)5-12(16)13(18)15-7-10-3-4-14-6-10/h5,8-10,14H,3-4,6-7H2,1-2H3,(H,15,18). The monoisotopic (exact) mass is 280 g/mol. The quantitative estimate of drug-likeness (QED) is 0.628. The van der Waals surface area contributed by atoms with E-state index in [1.807, 2.05) is 13.8 Å². The van der Waals surface area contributed by atoms with Crippen LogP contribution in [0.25, 0.3) is 0 Å². The second kappa shape index (κ2) is 6.04. The summed E-state index contributed by atoms with van der Waals surface area (Å²) in [5.41, 5.74) is 0.295. The number of nitrogens with zero attached hydrogens (tertiary/aromatic N) is 2. The Morgan fingerprint density at radius 2 is 2.40 bits per heavy atom. The average Bonchev–Trinajstić information content (AvgIpc) is 3.04. The van der Waals surface area contributed by atoms with Crippen LogP contribution in [0.2, 0.25) is 0 Å². The lowest BCUT2D eigenvalue weighted by molar-refractivity contribution is -0.384. The Hall–Kier alpha value is -1.89. The van der Waals surface area contributed by atoms with Crippen LogP contribution in [0.1, 0.15) is 36.8 Å². The molecule has 0 aromatic carbocycles. The van der Waals surface area contributed by atoms with Gasteiger partial charge in [-0.15, -0.1) is 0 Å². The molecule has 1 aliphatic rings. The van der Waals surface area contributed by atoms with Gasteiger partial charge in [-0.1, -0.05) is 0 Å². The molecule has 20 heavy (non-hydrogen) atoms. The molecule has 7 nitrogen and oxygen atoms in total. The fraction of sp³-hybridized carbons (Fsp3) is 0.615. The van der Waals surface area contributed by atoms with Crippen molar-refractivity contribution in [2.24, 2.45) is 5.92 Å². The lowest BCUT2D eigenvalue weighted by atomic mass is 10.1.